The molecular formula is C16H12N6O2. The summed E-state index contributed by atoms with van der Waals surface area (Å²) in [7, 11) is 0. The zero-order chi connectivity index (χ0) is 16.9. The Bertz CT molecular complexity index is 928. The van der Waals surface area contributed by atoms with Crippen LogP contribution in [0, 0.1) is 18.3 Å². The first-order valence-corrected chi connectivity index (χ1v) is 6.98. The molecule has 0 aliphatic heterocycles. The van der Waals surface area contributed by atoms with Crippen molar-refractivity contribution in [3.05, 3.63) is 59.7 Å². The molecule has 0 fully saturated rings. The van der Waals surface area contributed by atoms with Crippen molar-refractivity contribution in [3.8, 4) is 6.07 Å². The second kappa shape index (κ2) is 6.58. The van der Waals surface area contributed by atoms with Crippen LogP contribution in [0.2, 0.25) is 0 Å². The molecule has 0 radical (unpaired) electrons. The van der Waals surface area contributed by atoms with Crippen molar-refractivity contribution in [2.75, 3.05) is 10.6 Å². The van der Waals surface area contributed by atoms with Crippen molar-refractivity contribution in [1.82, 2.24) is 15.1 Å². The van der Waals surface area contributed by atoms with Gasteiger partial charge < -0.3 is 15.2 Å². The number of nitrogens with one attached hydrogen (secondary N) is 2. The van der Waals surface area contributed by atoms with Gasteiger partial charge in [0.1, 0.15) is 29.7 Å². The molecule has 2 heterocycles. The molecule has 0 saturated heterocycles. The minimum Gasteiger partial charge on any atom is -0.360 e. The number of nitriles is 1. The topological polar surface area (TPSA) is 117 Å². The van der Waals surface area contributed by atoms with Crippen LogP contribution in [-0.4, -0.2) is 21.0 Å². The van der Waals surface area contributed by atoms with Crippen molar-refractivity contribution in [2.45, 2.75) is 6.92 Å². The smallest absolute Gasteiger partial charge is 0.275 e. The number of nitrogens with zero attached hydrogens (tertiary/aromatic N) is 4. The van der Waals surface area contributed by atoms with E-state index in [0.717, 1.165) is 0 Å². The first-order valence-electron chi connectivity index (χ1n) is 6.98. The Morgan fingerprint density at radius 3 is 2.79 bits per heavy atom. The molecule has 8 heteroatoms. The third-order valence-corrected chi connectivity index (χ3v) is 3.08. The van der Waals surface area contributed by atoms with E-state index in [1.54, 1.807) is 37.3 Å². The molecule has 24 heavy (non-hydrogen) atoms. The van der Waals surface area contributed by atoms with Crippen molar-refractivity contribution in [1.29, 1.82) is 5.26 Å². The van der Waals surface area contributed by atoms with Gasteiger partial charge in [0, 0.05) is 12.1 Å². The SMILES string of the molecule is Cc1cc(NC(=O)c2cc(Nc3ccccc3C#N)ncn2)no1. The summed E-state index contributed by atoms with van der Waals surface area (Å²) in [5.74, 6) is 0.848. The summed E-state index contributed by atoms with van der Waals surface area (Å²) in [5, 5.41) is 18.4. The Hall–Kier alpha value is -3.73. The largest absolute Gasteiger partial charge is 0.360 e. The molecule has 118 valence electrons. The molecule has 0 bridgehead atoms. The predicted molar refractivity (Wildman–Crippen MR) is 85.7 cm³/mol. The lowest BCUT2D eigenvalue weighted by Crippen LogP contribution is -2.14. The van der Waals surface area contributed by atoms with Crippen molar-refractivity contribution in [3.63, 3.8) is 0 Å². The quantitative estimate of drug-likeness (QED) is 0.758. The third kappa shape index (κ3) is 3.36. The first kappa shape index (κ1) is 15.2. The highest BCUT2D eigenvalue weighted by Crippen LogP contribution is 2.19. The van der Waals surface area contributed by atoms with E-state index in [0.29, 0.717) is 28.6 Å². The van der Waals surface area contributed by atoms with Crippen molar-refractivity contribution < 1.29 is 9.32 Å². The summed E-state index contributed by atoms with van der Waals surface area (Å²) in [6.45, 7) is 1.72. The first-order chi connectivity index (χ1) is 11.7. The Morgan fingerprint density at radius 1 is 1.21 bits per heavy atom. The van der Waals surface area contributed by atoms with Gasteiger partial charge in [0.2, 0.25) is 0 Å². The van der Waals surface area contributed by atoms with Gasteiger partial charge in [0.15, 0.2) is 5.82 Å². The van der Waals surface area contributed by atoms with Crippen LogP contribution >= 0.6 is 0 Å². The maximum absolute atomic E-state index is 12.2. The molecule has 2 N–H and O–H groups in total. The van der Waals surface area contributed by atoms with Gasteiger partial charge in [0.25, 0.3) is 5.91 Å². The predicted octanol–water partition coefficient (Wildman–Crippen LogP) is 2.64. The molecule has 3 rings (SSSR count). The van der Waals surface area contributed by atoms with Crippen LogP contribution < -0.4 is 10.6 Å². The molecule has 0 aliphatic rings. The van der Waals surface area contributed by atoms with E-state index >= 15 is 0 Å². The summed E-state index contributed by atoms with van der Waals surface area (Å²) in [6.07, 6.45) is 1.26. The zero-order valence-electron chi connectivity index (χ0n) is 12.6. The van der Waals surface area contributed by atoms with E-state index in [9.17, 15) is 4.79 Å². The lowest BCUT2D eigenvalue weighted by molar-refractivity contribution is 0.102. The molecule has 3 aromatic rings. The molecule has 0 aliphatic carbocycles. The fraction of sp³-hybridized carbons (Fsp3) is 0.0625. The van der Waals surface area contributed by atoms with Crippen LogP contribution in [0.5, 0.6) is 0 Å². The number of hydrogen-bond acceptors (Lipinski definition) is 7. The van der Waals surface area contributed by atoms with Gasteiger partial charge in [-0.2, -0.15) is 5.26 Å². The normalized spacial score (nSPS) is 10.0. The average Bonchev–Trinajstić information content (AvgIpc) is 3.00. The minimum atomic E-state index is -0.442. The lowest BCUT2D eigenvalue weighted by Gasteiger charge is -2.08. The van der Waals surface area contributed by atoms with Gasteiger partial charge in [0.05, 0.1) is 11.3 Å². The van der Waals surface area contributed by atoms with Gasteiger partial charge >= 0.3 is 0 Å². The number of rotatable bonds is 4. The van der Waals surface area contributed by atoms with E-state index < -0.39 is 5.91 Å². The average molecular weight is 320 g/mol. The highest BCUT2D eigenvalue weighted by Gasteiger charge is 2.12. The summed E-state index contributed by atoms with van der Waals surface area (Å²) < 4.78 is 4.89. The third-order valence-electron chi connectivity index (χ3n) is 3.08. The Balaban J connectivity index is 1.79. The number of para-hydroxylation sites is 1. The van der Waals surface area contributed by atoms with Crippen LogP contribution in [-0.2, 0) is 0 Å². The second-order valence-corrected chi connectivity index (χ2v) is 4.85. The van der Waals surface area contributed by atoms with E-state index in [4.69, 9.17) is 9.78 Å². The number of aromatic nitrogens is 3. The molecule has 0 spiro atoms. The standard InChI is InChI=1S/C16H12N6O2/c1-10-6-15(22-24-10)21-16(23)13-7-14(19-9-18-13)20-12-5-3-2-4-11(12)8-17/h2-7,9H,1H3,(H,18,19,20)(H,21,22,23). The maximum Gasteiger partial charge on any atom is 0.275 e. The second-order valence-electron chi connectivity index (χ2n) is 4.85. The Morgan fingerprint density at radius 2 is 2.04 bits per heavy atom. The summed E-state index contributed by atoms with van der Waals surface area (Å²) in [6, 6.07) is 12.2. The molecule has 1 amide bonds. The van der Waals surface area contributed by atoms with Gasteiger partial charge in [-0.1, -0.05) is 17.3 Å². The fourth-order valence-corrected chi connectivity index (χ4v) is 1.98. The highest BCUT2D eigenvalue weighted by molar-refractivity contribution is 6.02. The molecule has 0 unspecified atom stereocenters. The summed E-state index contributed by atoms with van der Waals surface area (Å²) in [5.41, 5.74) is 1.22. The summed E-state index contributed by atoms with van der Waals surface area (Å²) >= 11 is 0. The minimum absolute atomic E-state index is 0.155. The number of benzene rings is 1. The number of carbonyl (C=O) groups is 1. The zero-order valence-corrected chi connectivity index (χ0v) is 12.6. The number of aryl methyl sites for hydroxylation is 1. The van der Waals surface area contributed by atoms with Crippen molar-refractivity contribution >= 4 is 23.2 Å². The van der Waals surface area contributed by atoms with E-state index in [2.05, 4.69) is 31.8 Å². The van der Waals surface area contributed by atoms with E-state index in [-0.39, 0.29) is 5.69 Å². The summed E-state index contributed by atoms with van der Waals surface area (Å²) in [4.78, 5) is 20.2. The van der Waals surface area contributed by atoms with Gasteiger partial charge in [-0.25, -0.2) is 9.97 Å². The van der Waals surface area contributed by atoms with Crippen LogP contribution in [0.25, 0.3) is 0 Å². The van der Waals surface area contributed by atoms with Crippen LogP contribution in [0.1, 0.15) is 21.8 Å². The van der Waals surface area contributed by atoms with Gasteiger partial charge in [-0.3, -0.25) is 4.79 Å². The van der Waals surface area contributed by atoms with E-state index in [1.165, 1.54) is 12.4 Å². The fourth-order valence-electron chi connectivity index (χ4n) is 1.98. The number of amides is 1. The monoisotopic (exact) mass is 320 g/mol. The van der Waals surface area contributed by atoms with Crippen LogP contribution in [0.3, 0.4) is 0 Å². The lowest BCUT2D eigenvalue weighted by atomic mass is 10.2. The Kier molecular flexibility index (Phi) is 4.16. The van der Waals surface area contributed by atoms with E-state index in [1.807, 2.05) is 0 Å². The van der Waals surface area contributed by atoms with Crippen LogP contribution in [0.4, 0.5) is 17.3 Å². The molecule has 0 saturated carbocycles. The van der Waals surface area contributed by atoms with Gasteiger partial charge in [-0.15, -0.1) is 0 Å². The Labute approximate surface area is 137 Å². The number of anilines is 3. The molecule has 1 aromatic carbocycles. The molecule has 0 atom stereocenters. The number of hydrogen-bond donors (Lipinski definition) is 2. The highest BCUT2D eigenvalue weighted by atomic mass is 16.5. The maximum atomic E-state index is 12.2. The van der Waals surface area contributed by atoms with Crippen molar-refractivity contribution in [2.24, 2.45) is 0 Å². The molecular weight excluding hydrogens is 308 g/mol. The van der Waals surface area contributed by atoms with Crippen LogP contribution in [0.15, 0.2) is 47.2 Å². The number of carbonyl (C=O) groups excluding carboxylic acids is 1. The molecule has 8 nitrogen and oxygen atoms in total. The molecule has 2 aromatic heterocycles. The van der Waals surface area contributed by atoms with Gasteiger partial charge in [-0.05, 0) is 19.1 Å².